The molecule has 5 heteroatoms. The molecule has 1 aromatic rings. The zero-order chi connectivity index (χ0) is 19.7. The van der Waals surface area contributed by atoms with E-state index in [9.17, 15) is 14.7 Å². The highest BCUT2D eigenvalue weighted by Gasteiger charge is 2.50. The van der Waals surface area contributed by atoms with E-state index in [0.717, 1.165) is 24.8 Å². The smallest absolute Gasteiger partial charge is 0.245 e. The first-order valence-corrected chi connectivity index (χ1v) is 10.5. The summed E-state index contributed by atoms with van der Waals surface area (Å²) in [6.45, 7) is 4.97. The van der Waals surface area contributed by atoms with Crippen molar-refractivity contribution in [1.82, 2.24) is 10.2 Å². The molecule has 2 aliphatic carbocycles. The first kappa shape index (κ1) is 19.2. The van der Waals surface area contributed by atoms with Gasteiger partial charge in [0.05, 0.1) is 5.41 Å². The van der Waals surface area contributed by atoms with Gasteiger partial charge in [-0.2, -0.15) is 0 Å². The summed E-state index contributed by atoms with van der Waals surface area (Å²) in [5.74, 6) is 1.59. The zero-order valence-electron chi connectivity index (χ0n) is 16.3. The quantitative estimate of drug-likeness (QED) is 0.768. The highest BCUT2D eigenvalue weighted by molar-refractivity contribution is 5.90. The molecule has 2 amide bonds. The number of hydrogen-bond donors (Lipinski definition) is 2. The first-order valence-electron chi connectivity index (χ1n) is 10.5. The number of aliphatic hydroxyl groups excluding tert-OH is 1. The summed E-state index contributed by atoms with van der Waals surface area (Å²) in [5.41, 5.74) is 0.452. The largest absolute Gasteiger partial charge is 0.396 e. The van der Waals surface area contributed by atoms with Crippen LogP contribution in [0.25, 0.3) is 0 Å². The minimum atomic E-state index is -0.584. The Balaban J connectivity index is 1.50. The maximum absolute atomic E-state index is 13.5. The SMILES string of the molecule is C=CC(=O)N1CCC(C(=O)N[C@H]2C[C@H]3CC(CO)C[C@H]32)(c2ccccc2)CC1. The van der Waals surface area contributed by atoms with Crippen LogP contribution in [-0.4, -0.2) is 47.6 Å². The van der Waals surface area contributed by atoms with Crippen LogP contribution in [0.5, 0.6) is 0 Å². The summed E-state index contributed by atoms with van der Waals surface area (Å²) in [6.07, 6.45) is 5.74. The van der Waals surface area contributed by atoms with E-state index in [1.807, 2.05) is 30.3 Å². The van der Waals surface area contributed by atoms with Crippen molar-refractivity contribution in [3.63, 3.8) is 0 Å². The summed E-state index contributed by atoms with van der Waals surface area (Å²) in [4.78, 5) is 27.3. The van der Waals surface area contributed by atoms with Crippen molar-refractivity contribution < 1.29 is 14.7 Å². The van der Waals surface area contributed by atoms with Gasteiger partial charge in [0.1, 0.15) is 0 Å². The van der Waals surface area contributed by atoms with E-state index in [2.05, 4.69) is 11.9 Å². The van der Waals surface area contributed by atoms with Gasteiger partial charge in [0.15, 0.2) is 0 Å². The highest BCUT2D eigenvalue weighted by Crippen LogP contribution is 2.50. The van der Waals surface area contributed by atoms with Crippen LogP contribution < -0.4 is 5.32 Å². The Morgan fingerprint density at radius 3 is 2.54 bits per heavy atom. The van der Waals surface area contributed by atoms with Gasteiger partial charge in [0.2, 0.25) is 11.8 Å². The molecular formula is C23H30N2O3. The molecular weight excluding hydrogens is 352 g/mol. The summed E-state index contributed by atoms with van der Waals surface area (Å²) in [5, 5.41) is 12.8. The fourth-order valence-electron chi connectivity index (χ4n) is 5.61. The molecule has 0 aromatic heterocycles. The van der Waals surface area contributed by atoms with Gasteiger partial charge in [-0.25, -0.2) is 0 Å². The van der Waals surface area contributed by atoms with Crippen LogP contribution in [0.2, 0.25) is 0 Å². The van der Waals surface area contributed by atoms with E-state index in [4.69, 9.17) is 0 Å². The van der Waals surface area contributed by atoms with E-state index >= 15 is 0 Å². The maximum Gasteiger partial charge on any atom is 0.245 e. The lowest BCUT2D eigenvalue weighted by Gasteiger charge is -2.45. The Labute approximate surface area is 166 Å². The molecule has 2 saturated carbocycles. The van der Waals surface area contributed by atoms with E-state index in [1.54, 1.807) is 4.90 Å². The maximum atomic E-state index is 13.5. The molecule has 4 atom stereocenters. The van der Waals surface area contributed by atoms with Gasteiger partial charge in [-0.3, -0.25) is 9.59 Å². The number of nitrogens with zero attached hydrogens (tertiary/aromatic N) is 1. The van der Waals surface area contributed by atoms with Gasteiger partial charge in [-0.1, -0.05) is 36.9 Å². The minimum Gasteiger partial charge on any atom is -0.396 e. The van der Waals surface area contributed by atoms with Crippen molar-refractivity contribution in [2.45, 2.75) is 43.6 Å². The molecule has 1 unspecified atom stereocenters. The number of aliphatic hydroxyl groups is 1. The van der Waals surface area contributed by atoms with Crippen LogP contribution in [0.3, 0.4) is 0 Å². The fourth-order valence-corrected chi connectivity index (χ4v) is 5.61. The number of fused-ring (bicyclic) bond motifs is 1. The van der Waals surface area contributed by atoms with Gasteiger partial charge in [0.25, 0.3) is 0 Å². The van der Waals surface area contributed by atoms with Crippen LogP contribution in [0, 0.1) is 17.8 Å². The molecule has 0 radical (unpaired) electrons. The van der Waals surface area contributed by atoms with Crippen molar-refractivity contribution in [2.24, 2.45) is 17.8 Å². The lowest BCUT2D eigenvalue weighted by Crippen LogP contribution is -2.58. The third kappa shape index (κ3) is 3.26. The number of rotatable bonds is 5. The van der Waals surface area contributed by atoms with Crippen molar-refractivity contribution in [3.05, 3.63) is 48.6 Å². The van der Waals surface area contributed by atoms with Crippen molar-refractivity contribution >= 4 is 11.8 Å². The number of carbonyl (C=O) groups is 2. The van der Waals surface area contributed by atoms with Gasteiger partial charge in [0, 0.05) is 25.7 Å². The first-order chi connectivity index (χ1) is 13.6. The summed E-state index contributed by atoms with van der Waals surface area (Å²) >= 11 is 0. The number of hydrogen-bond acceptors (Lipinski definition) is 3. The van der Waals surface area contributed by atoms with Gasteiger partial charge < -0.3 is 15.3 Å². The standard InChI is InChI=1S/C23H30N2O3/c1-2-21(27)25-10-8-23(9-11-25,18-6-4-3-5-7-18)22(28)24-20-14-17-12-16(15-26)13-19(17)20/h2-7,16-17,19-20,26H,1,8-15H2,(H,24,28)/t16?,17-,19-,20+/m1/s1. The summed E-state index contributed by atoms with van der Waals surface area (Å²) in [6, 6.07) is 10.2. The highest BCUT2D eigenvalue weighted by atomic mass is 16.3. The molecule has 2 N–H and O–H groups in total. The molecule has 1 saturated heterocycles. The molecule has 3 aliphatic rings. The van der Waals surface area contributed by atoms with Gasteiger partial charge in [-0.15, -0.1) is 0 Å². The predicted molar refractivity (Wildman–Crippen MR) is 107 cm³/mol. The molecule has 1 aliphatic heterocycles. The van der Waals surface area contributed by atoms with Crippen molar-refractivity contribution in [1.29, 1.82) is 0 Å². The molecule has 1 heterocycles. The second-order valence-corrected chi connectivity index (χ2v) is 8.74. The lowest BCUT2D eigenvalue weighted by atomic mass is 9.68. The average molecular weight is 383 g/mol. The number of piperidine rings is 1. The van der Waals surface area contributed by atoms with Crippen LogP contribution in [0.4, 0.5) is 0 Å². The third-order valence-corrected chi connectivity index (χ3v) is 7.36. The fraction of sp³-hybridized carbons (Fsp3) is 0.565. The second kappa shape index (κ2) is 7.70. The normalized spacial score (nSPS) is 30.8. The topological polar surface area (TPSA) is 69.6 Å². The Kier molecular flexibility index (Phi) is 5.28. The Bertz CT molecular complexity index is 739. The lowest BCUT2D eigenvalue weighted by molar-refractivity contribution is -0.135. The van der Waals surface area contributed by atoms with Gasteiger partial charge in [-0.05, 0) is 61.5 Å². The minimum absolute atomic E-state index is 0.0649. The number of amides is 2. The number of nitrogens with one attached hydrogen (secondary N) is 1. The molecule has 0 spiro atoms. The molecule has 3 fully saturated rings. The molecule has 0 bridgehead atoms. The van der Waals surface area contributed by atoms with Crippen molar-refractivity contribution in [2.75, 3.05) is 19.7 Å². The van der Waals surface area contributed by atoms with E-state index < -0.39 is 5.41 Å². The van der Waals surface area contributed by atoms with E-state index in [0.29, 0.717) is 43.7 Å². The van der Waals surface area contributed by atoms with E-state index in [-0.39, 0.29) is 24.5 Å². The zero-order valence-corrected chi connectivity index (χ0v) is 16.3. The predicted octanol–water partition coefficient (Wildman–Crippen LogP) is 2.26. The van der Waals surface area contributed by atoms with Crippen LogP contribution in [0.15, 0.2) is 43.0 Å². The van der Waals surface area contributed by atoms with Crippen LogP contribution >= 0.6 is 0 Å². The van der Waals surface area contributed by atoms with Crippen LogP contribution in [-0.2, 0) is 15.0 Å². The Hall–Kier alpha value is -2.14. The Morgan fingerprint density at radius 2 is 1.89 bits per heavy atom. The van der Waals surface area contributed by atoms with Gasteiger partial charge >= 0.3 is 0 Å². The molecule has 150 valence electrons. The molecule has 1 aromatic carbocycles. The average Bonchev–Trinajstić information content (AvgIpc) is 3.08. The van der Waals surface area contributed by atoms with Crippen molar-refractivity contribution in [3.8, 4) is 0 Å². The molecule has 5 nitrogen and oxygen atoms in total. The number of benzene rings is 1. The summed E-state index contributed by atoms with van der Waals surface area (Å²) < 4.78 is 0. The monoisotopic (exact) mass is 382 g/mol. The molecule has 4 rings (SSSR count). The third-order valence-electron chi connectivity index (χ3n) is 7.36. The molecule has 28 heavy (non-hydrogen) atoms. The second-order valence-electron chi connectivity index (χ2n) is 8.74. The Morgan fingerprint density at radius 1 is 1.18 bits per heavy atom. The van der Waals surface area contributed by atoms with Crippen LogP contribution in [0.1, 0.15) is 37.7 Å². The number of carbonyl (C=O) groups excluding carboxylic acids is 2. The summed E-state index contributed by atoms with van der Waals surface area (Å²) in [7, 11) is 0. The van der Waals surface area contributed by atoms with E-state index in [1.165, 1.54) is 6.08 Å². The number of likely N-dealkylation sites (tertiary alicyclic amines) is 1.